The number of rotatable bonds is 3. The molecule has 0 aromatic carbocycles. The van der Waals surface area contributed by atoms with Crippen molar-refractivity contribution in [3.63, 3.8) is 0 Å². The first-order valence-electron chi connectivity index (χ1n) is 7.69. The average molecular weight is 312 g/mol. The van der Waals surface area contributed by atoms with Crippen molar-refractivity contribution in [3.8, 4) is 0 Å². The summed E-state index contributed by atoms with van der Waals surface area (Å²) in [6, 6.07) is 0.444. The average Bonchev–Trinajstić information content (AvgIpc) is 3.04. The molecule has 2 saturated heterocycles. The summed E-state index contributed by atoms with van der Waals surface area (Å²) in [6.07, 6.45) is 4.74. The molecule has 0 bridgehead atoms. The number of fused-ring (bicyclic) bond motifs is 1. The first-order valence-corrected chi connectivity index (χ1v) is 9.13. The van der Waals surface area contributed by atoms with Crippen LogP contribution in [0.1, 0.15) is 32.0 Å². The number of piperazine rings is 1. The van der Waals surface area contributed by atoms with Gasteiger partial charge < -0.3 is 4.57 Å². The first kappa shape index (κ1) is 15.0. The van der Waals surface area contributed by atoms with Crippen molar-refractivity contribution in [3.05, 3.63) is 12.0 Å². The Hall–Kier alpha value is -0.920. The van der Waals surface area contributed by atoms with E-state index in [0.717, 1.165) is 31.8 Å². The number of imidazole rings is 1. The molecule has 0 saturated carbocycles. The minimum absolute atomic E-state index is 0.0617. The second-order valence-electron chi connectivity index (χ2n) is 6.17. The molecule has 2 fully saturated rings. The predicted molar refractivity (Wildman–Crippen MR) is 80.5 cm³/mol. The summed E-state index contributed by atoms with van der Waals surface area (Å²) in [4.78, 5) is 6.68. The summed E-state index contributed by atoms with van der Waals surface area (Å²) in [7, 11) is -1.66. The zero-order valence-corrected chi connectivity index (χ0v) is 13.8. The van der Waals surface area contributed by atoms with Crippen LogP contribution in [0.4, 0.5) is 0 Å². The maximum Gasteiger partial charge on any atom is 0.262 e. The van der Waals surface area contributed by atoms with Crippen molar-refractivity contribution in [2.75, 3.05) is 19.6 Å². The zero-order chi connectivity index (χ0) is 15.2. The van der Waals surface area contributed by atoms with Gasteiger partial charge in [-0.25, -0.2) is 13.4 Å². The van der Waals surface area contributed by atoms with E-state index in [0.29, 0.717) is 12.6 Å². The van der Waals surface area contributed by atoms with Crippen LogP contribution < -0.4 is 0 Å². The molecular formula is C14H24N4O2S. The van der Waals surface area contributed by atoms with Crippen LogP contribution in [0.5, 0.6) is 0 Å². The van der Waals surface area contributed by atoms with Gasteiger partial charge in [0.2, 0.25) is 0 Å². The van der Waals surface area contributed by atoms with E-state index in [2.05, 4.69) is 16.8 Å². The molecule has 1 aromatic heterocycles. The molecule has 3 rings (SSSR count). The molecule has 0 amide bonds. The Morgan fingerprint density at radius 3 is 2.76 bits per heavy atom. The van der Waals surface area contributed by atoms with Gasteiger partial charge in [0.1, 0.15) is 5.82 Å². The lowest BCUT2D eigenvalue weighted by Gasteiger charge is -2.42. The van der Waals surface area contributed by atoms with Gasteiger partial charge in [-0.2, -0.15) is 4.31 Å². The van der Waals surface area contributed by atoms with E-state index >= 15 is 0 Å². The molecule has 7 heteroatoms. The quantitative estimate of drug-likeness (QED) is 0.835. The van der Waals surface area contributed by atoms with Crippen molar-refractivity contribution in [1.29, 1.82) is 0 Å². The van der Waals surface area contributed by atoms with Crippen molar-refractivity contribution in [2.45, 2.75) is 50.2 Å². The number of aryl methyl sites for hydroxylation is 2. The van der Waals surface area contributed by atoms with Crippen LogP contribution in [0.2, 0.25) is 0 Å². The van der Waals surface area contributed by atoms with Crippen LogP contribution in [0.15, 0.2) is 11.2 Å². The van der Waals surface area contributed by atoms with Gasteiger partial charge in [-0.15, -0.1) is 0 Å². The lowest BCUT2D eigenvalue weighted by atomic mass is 10.1. The lowest BCUT2D eigenvalue weighted by Crippen LogP contribution is -2.57. The highest BCUT2D eigenvalue weighted by molar-refractivity contribution is 7.89. The largest absolute Gasteiger partial charge is 0.337 e. The fraction of sp³-hybridized carbons (Fsp3) is 0.786. The molecule has 3 heterocycles. The number of sulfonamides is 1. The Kier molecular flexibility index (Phi) is 3.83. The Balaban J connectivity index is 1.92. The highest BCUT2D eigenvalue weighted by atomic mass is 32.2. The Morgan fingerprint density at radius 2 is 2.14 bits per heavy atom. The van der Waals surface area contributed by atoms with E-state index in [9.17, 15) is 8.42 Å². The first-order chi connectivity index (χ1) is 9.93. The van der Waals surface area contributed by atoms with Crippen LogP contribution in [0.3, 0.4) is 0 Å². The zero-order valence-electron chi connectivity index (χ0n) is 13.0. The lowest BCUT2D eigenvalue weighted by molar-refractivity contribution is 0.106. The van der Waals surface area contributed by atoms with Crippen molar-refractivity contribution in [2.24, 2.45) is 7.05 Å². The highest BCUT2D eigenvalue weighted by Gasteiger charge is 2.42. The summed E-state index contributed by atoms with van der Waals surface area (Å²) in [5.41, 5.74) is 0. The van der Waals surface area contributed by atoms with Gasteiger partial charge in [-0.05, 0) is 32.7 Å². The van der Waals surface area contributed by atoms with E-state index in [1.54, 1.807) is 15.1 Å². The molecule has 0 radical (unpaired) electrons. The van der Waals surface area contributed by atoms with Gasteiger partial charge in [-0.3, -0.25) is 4.90 Å². The molecule has 6 nitrogen and oxygen atoms in total. The smallest absolute Gasteiger partial charge is 0.262 e. The maximum absolute atomic E-state index is 12.9. The molecule has 118 valence electrons. The number of hydrogen-bond donors (Lipinski definition) is 0. The fourth-order valence-corrected chi connectivity index (χ4v) is 5.21. The minimum Gasteiger partial charge on any atom is -0.337 e. The monoisotopic (exact) mass is 312 g/mol. The molecule has 0 unspecified atom stereocenters. The second kappa shape index (κ2) is 5.37. The predicted octanol–water partition coefficient (Wildman–Crippen LogP) is 0.976. The van der Waals surface area contributed by atoms with Crippen LogP contribution in [0.25, 0.3) is 0 Å². The molecular weight excluding hydrogens is 288 g/mol. The van der Waals surface area contributed by atoms with E-state index in [1.807, 2.05) is 14.0 Å². The standard InChI is InChI=1S/C14H24N4O2S/c1-4-12-8-17-7-5-6-13(17)9-18(12)21(19,20)14-10-16(3)11(2)15-14/h10,12-13H,4-9H2,1-3H3/t12-,13-/m0/s1. The fourth-order valence-electron chi connectivity index (χ4n) is 3.46. The molecule has 0 aliphatic carbocycles. The Morgan fingerprint density at radius 1 is 1.38 bits per heavy atom. The summed E-state index contributed by atoms with van der Waals surface area (Å²) in [5, 5.41) is 0.187. The van der Waals surface area contributed by atoms with Crippen LogP contribution in [0, 0.1) is 6.92 Å². The molecule has 0 spiro atoms. The van der Waals surface area contributed by atoms with Crippen molar-refractivity contribution >= 4 is 10.0 Å². The number of hydrogen-bond acceptors (Lipinski definition) is 4. The van der Waals surface area contributed by atoms with Gasteiger partial charge in [0.25, 0.3) is 10.0 Å². The summed E-state index contributed by atoms with van der Waals surface area (Å²) < 4.78 is 29.3. The third kappa shape index (κ3) is 2.51. The van der Waals surface area contributed by atoms with E-state index < -0.39 is 10.0 Å². The highest BCUT2D eigenvalue weighted by Crippen LogP contribution is 2.29. The van der Waals surface area contributed by atoms with Gasteiger partial charge in [0.15, 0.2) is 5.03 Å². The molecule has 2 aliphatic heterocycles. The van der Waals surface area contributed by atoms with Crippen LogP contribution in [-0.2, 0) is 17.1 Å². The number of aromatic nitrogens is 2. The Bertz CT molecular complexity index is 605. The third-order valence-electron chi connectivity index (χ3n) is 4.87. The second-order valence-corrected chi connectivity index (χ2v) is 8.00. The van der Waals surface area contributed by atoms with Gasteiger partial charge in [0.05, 0.1) is 0 Å². The summed E-state index contributed by atoms with van der Waals surface area (Å²) in [6.45, 7) is 6.46. The van der Waals surface area contributed by atoms with E-state index in [-0.39, 0.29) is 11.1 Å². The maximum atomic E-state index is 12.9. The van der Waals surface area contributed by atoms with E-state index in [1.165, 1.54) is 6.42 Å². The summed E-state index contributed by atoms with van der Waals surface area (Å²) in [5.74, 6) is 0.723. The normalized spacial score (nSPS) is 28.0. The van der Waals surface area contributed by atoms with Gasteiger partial charge in [-0.1, -0.05) is 6.92 Å². The minimum atomic E-state index is -3.49. The number of nitrogens with zero attached hydrogens (tertiary/aromatic N) is 4. The van der Waals surface area contributed by atoms with Gasteiger partial charge in [0, 0.05) is 38.4 Å². The van der Waals surface area contributed by atoms with E-state index in [4.69, 9.17) is 0 Å². The SMILES string of the molecule is CC[C@H]1CN2CCC[C@H]2CN1S(=O)(=O)c1cn(C)c(C)n1. The molecule has 2 aliphatic rings. The Labute approximate surface area is 126 Å². The third-order valence-corrected chi connectivity index (χ3v) is 6.66. The van der Waals surface area contributed by atoms with Crippen molar-refractivity contribution in [1.82, 2.24) is 18.8 Å². The molecule has 2 atom stereocenters. The van der Waals surface area contributed by atoms with Crippen molar-refractivity contribution < 1.29 is 8.42 Å². The molecule has 0 N–H and O–H groups in total. The van der Waals surface area contributed by atoms with Gasteiger partial charge >= 0.3 is 0 Å². The topological polar surface area (TPSA) is 58.4 Å². The molecule has 1 aromatic rings. The van der Waals surface area contributed by atoms with Crippen LogP contribution >= 0.6 is 0 Å². The molecule has 21 heavy (non-hydrogen) atoms. The summed E-state index contributed by atoms with van der Waals surface area (Å²) >= 11 is 0. The van der Waals surface area contributed by atoms with Crippen LogP contribution in [-0.4, -0.2) is 58.9 Å².